The van der Waals surface area contributed by atoms with Gasteiger partial charge in [-0.1, -0.05) is 0 Å². The molecule has 0 aliphatic carbocycles. The van der Waals surface area contributed by atoms with Crippen molar-refractivity contribution < 1.29 is 103 Å². The van der Waals surface area contributed by atoms with Crippen LogP contribution in [0.15, 0.2) is 0 Å². The fourth-order valence-corrected chi connectivity index (χ4v) is 0. The molecule has 0 atom stereocenters. The summed E-state index contributed by atoms with van der Waals surface area (Å²) in [5, 5.41) is 0. The number of rotatable bonds is 0. The molecule has 0 aromatic carbocycles. The van der Waals surface area contributed by atoms with Gasteiger partial charge in [0.1, 0.15) is 0 Å². The standard InChI is InChI=1S/4H2O4S.6H2O/c4*1-5(2,3)4;;;;;;/h4*(H2,1,2,3,4);6*1H2. The molecular weight excluding hydrogens is 480 g/mol. The molecule has 176 valence electrons. The second-order valence-corrected chi connectivity index (χ2v) is 5.37. The Balaban J connectivity index is -0.0000000152. The van der Waals surface area contributed by atoms with Crippen LogP contribution in [-0.4, -0.2) is 103 Å². The molecule has 22 nitrogen and oxygen atoms in total. The number of hydrogen-bond donors (Lipinski definition) is 8. The summed E-state index contributed by atoms with van der Waals surface area (Å²) in [6.45, 7) is 0. The van der Waals surface area contributed by atoms with E-state index in [9.17, 15) is 0 Å². The molecule has 0 fully saturated rings. The molecule has 20 N–H and O–H groups in total. The first-order valence-corrected chi connectivity index (χ1v) is 8.38. The van der Waals surface area contributed by atoms with Crippen molar-refractivity contribution in [1.29, 1.82) is 0 Å². The van der Waals surface area contributed by atoms with E-state index in [1.165, 1.54) is 0 Å². The normalized spacial score (nSPS) is 8.92. The molecule has 0 aliphatic rings. The molecule has 0 bridgehead atoms. The molecule has 0 saturated carbocycles. The molecule has 0 spiro atoms. The van der Waals surface area contributed by atoms with Crippen LogP contribution in [0.2, 0.25) is 0 Å². The van der Waals surface area contributed by atoms with Crippen LogP contribution in [0.1, 0.15) is 0 Å². The summed E-state index contributed by atoms with van der Waals surface area (Å²) in [6.07, 6.45) is 0. The SMILES string of the molecule is O.O.O.O.O.O.O=S(=O)(O)O.O=S(=O)(O)O.O=S(=O)(O)O.O=S(=O)(O)O. The van der Waals surface area contributed by atoms with Crippen LogP contribution < -0.4 is 0 Å². The van der Waals surface area contributed by atoms with Crippen molar-refractivity contribution in [3.8, 4) is 0 Å². The Morgan fingerprint density at radius 2 is 0.269 bits per heavy atom. The Bertz CT molecular complexity index is 469. The lowest BCUT2D eigenvalue weighted by atomic mass is 15.8. The van der Waals surface area contributed by atoms with E-state index in [0.29, 0.717) is 0 Å². The van der Waals surface area contributed by atoms with E-state index >= 15 is 0 Å². The predicted molar refractivity (Wildman–Crippen MR) is 78.4 cm³/mol. The van der Waals surface area contributed by atoms with E-state index in [2.05, 4.69) is 0 Å². The van der Waals surface area contributed by atoms with Crippen molar-refractivity contribution in [2.45, 2.75) is 0 Å². The van der Waals surface area contributed by atoms with Gasteiger partial charge in [-0.15, -0.1) is 0 Å². The Kier molecular flexibility index (Phi) is 59.5. The quantitative estimate of drug-likeness (QED) is 0.143. The maximum atomic E-state index is 8.74. The van der Waals surface area contributed by atoms with Crippen LogP contribution >= 0.6 is 0 Å². The van der Waals surface area contributed by atoms with E-state index < -0.39 is 41.6 Å². The summed E-state index contributed by atoms with van der Waals surface area (Å²) in [5.74, 6) is 0. The minimum atomic E-state index is -4.67. The molecule has 0 saturated heterocycles. The molecule has 26 heteroatoms. The van der Waals surface area contributed by atoms with Crippen LogP contribution in [0.5, 0.6) is 0 Å². The van der Waals surface area contributed by atoms with E-state index in [-0.39, 0.29) is 32.9 Å². The summed E-state index contributed by atoms with van der Waals surface area (Å²) in [7, 11) is -18.7. The summed E-state index contributed by atoms with van der Waals surface area (Å²) >= 11 is 0. The summed E-state index contributed by atoms with van der Waals surface area (Å²) < 4.78 is 126. The molecule has 0 amide bonds. The lowest BCUT2D eigenvalue weighted by Gasteiger charge is -1.68. The van der Waals surface area contributed by atoms with Crippen molar-refractivity contribution in [3.05, 3.63) is 0 Å². The molecule has 0 aromatic heterocycles. The van der Waals surface area contributed by atoms with Crippen molar-refractivity contribution >= 4 is 41.6 Å². The summed E-state index contributed by atoms with van der Waals surface area (Å²) in [5.41, 5.74) is 0. The van der Waals surface area contributed by atoms with Crippen molar-refractivity contribution in [2.24, 2.45) is 0 Å². The van der Waals surface area contributed by atoms with Gasteiger partial charge in [-0.05, 0) is 0 Å². The van der Waals surface area contributed by atoms with Crippen LogP contribution in [0.4, 0.5) is 0 Å². The highest BCUT2D eigenvalue weighted by atomic mass is 32.3. The minimum absolute atomic E-state index is 0. The summed E-state index contributed by atoms with van der Waals surface area (Å²) in [4.78, 5) is 0. The third-order valence-corrected chi connectivity index (χ3v) is 0. The first-order valence-electron chi connectivity index (χ1n) is 2.79. The molecule has 0 unspecified atom stereocenters. The van der Waals surface area contributed by atoms with Gasteiger partial charge >= 0.3 is 41.6 Å². The van der Waals surface area contributed by atoms with Gasteiger partial charge in [-0.3, -0.25) is 36.4 Å². The van der Waals surface area contributed by atoms with Gasteiger partial charge in [-0.2, -0.15) is 33.7 Å². The van der Waals surface area contributed by atoms with Gasteiger partial charge in [0.05, 0.1) is 0 Å². The predicted octanol–water partition coefficient (Wildman–Crippen LogP) is -7.56. The Morgan fingerprint density at radius 1 is 0.269 bits per heavy atom. The molecule has 0 aliphatic heterocycles. The first kappa shape index (κ1) is 63.9. The van der Waals surface area contributed by atoms with E-state index in [1.54, 1.807) is 0 Å². The van der Waals surface area contributed by atoms with Crippen LogP contribution in [0, 0.1) is 0 Å². The zero-order valence-corrected chi connectivity index (χ0v) is 14.7. The van der Waals surface area contributed by atoms with E-state index in [1.807, 2.05) is 0 Å². The molecule has 26 heavy (non-hydrogen) atoms. The average Bonchev–Trinajstić information content (AvgIpc) is 1.62. The van der Waals surface area contributed by atoms with Crippen molar-refractivity contribution in [1.82, 2.24) is 0 Å². The van der Waals surface area contributed by atoms with Crippen LogP contribution in [0.25, 0.3) is 0 Å². The lowest BCUT2D eigenvalue weighted by molar-refractivity contribution is 0.378. The highest BCUT2D eigenvalue weighted by Crippen LogP contribution is 1.60. The van der Waals surface area contributed by atoms with Gasteiger partial charge in [0.15, 0.2) is 0 Å². The zero-order valence-electron chi connectivity index (χ0n) is 11.5. The topological polar surface area (TPSA) is 487 Å². The third kappa shape index (κ3) is 19900. The van der Waals surface area contributed by atoms with E-state index in [0.717, 1.165) is 0 Å². The molecular formula is H20O22S4. The van der Waals surface area contributed by atoms with Gasteiger partial charge in [-0.25, -0.2) is 0 Å². The van der Waals surface area contributed by atoms with Crippen LogP contribution in [-0.2, 0) is 41.6 Å². The van der Waals surface area contributed by atoms with Crippen LogP contribution in [0.3, 0.4) is 0 Å². The second-order valence-electron chi connectivity index (χ2n) is 1.79. The third-order valence-electron chi connectivity index (χ3n) is 0. The van der Waals surface area contributed by atoms with Crippen molar-refractivity contribution in [2.75, 3.05) is 0 Å². The zero-order chi connectivity index (χ0) is 18.0. The second kappa shape index (κ2) is 24.2. The highest BCUT2D eigenvalue weighted by Gasteiger charge is 1.86. The fourth-order valence-electron chi connectivity index (χ4n) is 0. The minimum Gasteiger partial charge on any atom is -0.412 e. The molecule has 0 aromatic rings. The molecule has 0 rings (SSSR count). The fraction of sp³-hybridized carbons (Fsp3) is 0. The Hall–Kier alpha value is -0.760. The smallest absolute Gasteiger partial charge is 0.394 e. The van der Waals surface area contributed by atoms with E-state index in [4.69, 9.17) is 70.1 Å². The maximum Gasteiger partial charge on any atom is 0.394 e. The van der Waals surface area contributed by atoms with Gasteiger partial charge in [0.25, 0.3) is 0 Å². The lowest BCUT2D eigenvalue weighted by Crippen LogP contribution is -1.89. The van der Waals surface area contributed by atoms with Gasteiger partial charge in [0.2, 0.25) is 0 Å². The largest absolute Gasteiger partial charge is 0.412 e. The maximum absolute atomic E-state index is 8.74. The van der Waals surface area contributed by atoms with Gasteiger partial charge < -0.3 is 32.9 Å². The summed E-state index contributed by atoms with van der Waals surface area (Å²) in [6, 6.07) is 0. The van der Waals surface area contributed by atoms with Gasteiger partial charge in [0, 0.05) is 0 Å². The Morgan fingerprint density at radius 3 is 0.269 bits per heavy atom. The average molecular weight is 500 g/mol. The Labute approximate surface area is 145 Å². The number of hydrogen-bond acceptors (Lipinski definition) is 8. The molecule has 0 radical (unpaired) electrons. The molecule has 0 heterocycles. The first-order chi connectivity index (χ1) is 8.00. The highest BCUT2D eigenvalue weighted by molar-refractivity contribution is 7.80. The monoisotopic (exact) mass is 500 g/mol. The van der Waals surface area contributed by atoms with Crippen molar-refractivity contribution in [3.63, 3.8) is 0 Å².